The second-order valence-electron chi connectivity index (χ2n) is 5.90. The lowest BCUT2D eigenvalue weighted by molar-refractivity contribution is 0.0924. The molecule has 1 heterocycles. The van der Waals surface area contributed by atoms with E-state index < -0.39 is 0 Å². The number of hydrogen-bond acceptors (Lipinski definition) is 5. The fraction of sp³-hybridized carbons (Fsp3) is 0.250. The Morgan fingerprint density at radius 1 is 1.04 bits per heavy atom. The number of aryl methyl sites for hydroxylation is 1. The van der Waals surface area contributed by atoms with Crippen molar-refractivity contribution in [3.8, 4) is 17.2 Å². The first kappa shape index (κ1) is 18.9. The van der Waals surface area contributed by atoms with Crippen LogP contribution in [0.25, 0.3) is 11.0 Å². The summed E-state index contributed by atoms with van der Waals surface area (Å²) in [6, 6.07) is 8.74. The number of nitrogens with one attached hydrogen (secondary N) is 1. The van der Waals surface area contributed by atoms with Crippen molar-refractivity contribution in [2.45, 2.75) is 13.5 Å². The predicted molar refractivity (Wildman–Crippen MR) is 103 cm³/mol. The minimum absolute atomic E-state index is 0.236. The Labute approximate surface area is 162 Å². The van der Waals surface area contributed by atoms with Crippen molar-refractivity contribution in [1.29, 1.82) is 0 Å². The zero-order valence-electron chi connectivity index (χ0n) is 15.5. The van der Waals surface area contributed by atoms with E-state index in [1.54, 1.807) is 51.7 Å². The lowest BCUT2D eigenvalue weighted by atomic mass is 10.1. The largest absolute Gasteiger partial charge is 0.496 e. The van der Waals surface area contributed by atoms with Crippen molar-refractivity contribution in [3.63, 3.8) is 0 Å². The summed E-state index contributed by atoms with van der Waals surface area (Å²) in [5.74, 6) is 1.62. The van der Waals surface area contributed by atoms with Gasteiger partial charge in [-0.2, -0.15) is 0 Å². The quantitative estimate of drug-likeness (QED) is 0.678. The molecule has 0 bridgehead atoms. The summed E-state index contributed by atoms with van der Waals surface area (Å²) in [4.78, 5) is 12.6. The summed E-state index contributed by atoms with van der Waals surface area (Å²) < 4.78 is 21.7. The molecule has 3 aromatic rings. The average Bonchev–Trinajstić information content (AvgIpc) is 3.01. The fourth-order valence-corrected chi connectivity index (χ4v) is 3.07. The van der Waals surface area contributed by atoms with Gasteiger partial charge in [0, 0.05) is 34.1 Å². The van der Waals surface area contributed by atoms with Crippen molar-refractivity contribution < 1.29 is 23.4 Å². The number of benzene rings is 2. The Morgan fingerprint density at radius 3 is 2.37 bits per heavy atom. The standard InChI is InChI=1S/C20H20ClNO5/c1-11-14-8-13(21)5-6-15(14)27-19(11)20(23)22-10-12-7-17(25-3)18(26-4)9-16(12)24-2/h5-9H,10H2,1-4H3,(H,22,23). The molecule has 1 aromatic heterocycles. The maximum Gasteiger partial charge on any atom is 0.287 e. The minimum Gasteiger partial charge on any atom is -0.496 e. The lowest BCUT2D eigenvalue weighted by Crippen LogP contribution is -2.23. The highest BCUT2D eigenvalue weighted by Crippen LogP contribution is 2.34. The smallest absolute Gasteiger partial charge is 0.287 e. The van der Waals surface area contributed by atoms with E-state index in [-0.39, 0.29) is 18.2 Å². The molecule has 0 radical (unpaired) electrons. The molecule has 1 N–H and O–H groups in total. The first-order valence-corrected chi connectivity index (χ1v) is 8.62. The number of carbonyl (C=O) groups excluding carboxylic acids is 1. The van der Waals surface area contributed by atoms with Crippen LogP contribution < -0.4 is 19.5 Å². The highest BCUT2D eigenvalue weighted by molar-refractivity contribution is 6.31. The van der Waals surface area contributed by atoms with Gasteiger partial charge in [-0.05, 0) is 31.2 Å². The van der Waals surface area contributed by atoms with Gasteiger partial charge < -0.3 is 23.9 Å². The molecule has 142 valence electrons. The van der Waals surface area contributed by atoms with Crippen molar-refractivity contribution in [3.05, 3.63) is 52.2 Å². The van der Waals surface area contributed by atoms with E-state index in [0.29, 0.717) is 27.9 Å². The molecule has 7 heteroatoms. The van der Waals surface area contributed by atoms with Crippen LogP contribution in [0.5, 0.6) is 17.2 Å². The van der Waals surface area contributed by atoms with E-state index in [1.807, 2.05) is 6.92 Å². The van der Waals surface area contributed by atoms with Gasteiger partial charge in [-0.15, -0.1) is 0 Å². The highest BCUT2D eigenvalue weighted by atomic mass is 35.5. The third-order valence-corrected chi connectivity index (χ3v) is 4.57. The summed E-state index contributed by atoms with van der Waals surface area (Å²) >= 11 is 6.03. The van der Waals surface area contributed by atoms with Gasteiger partial charge in [-0.1, -0.05) is 11.6 Å². The Hall–Kier alpha value is -2.86. The van der Waals surface area contributed by atoms with Gasteiger partial charge in [0.05, 0.1) is 21.3 Å². The van der Waals surface area contributed by atoms with Crippen LogP contribution in [-0.4, -0.2) is 27.2 Å². The summed E-state index contributed by atoms with van der Waals surface area (Å²) in [5.41, 5.74) is 2.11. The molecule has 0 aliphatic heterocycles. The topological polar surface area (TPSA) is 69.9 Å². The van der Waals surface area contributed by atoms with Crippen LogP contribution in [0, 0.1) is 6.92 Å². The van der Waals surface area contributed by atoms with E-state index in [0.717, 1.165) is 16.5 Å². The van der Waals surface area contributed by atoms with Gasteiger partial charge in [0.2, 0.25) is 0 Å². The number of halogens is 1. The monoisotopic (exact) mass is 389 g/mol. The maximum atomic E-state index is 12.6. The number of carbonyl (C=O) groups is 1. The van der Waals surface area contributed by atoms with Crippen LogP contribution in [0.2, 0.25) is 5.02 Å². The summed E-state index contributed by atoms with van der Waals surface area (Å²) in [6.07, 6.45) is 0. The van der Waals surface area contributed by atoms with Gasteiger partial charge >= 0.3 is 0 Å². The number of methoxy groups -OCH3 is 3. The van der Waals surface area contributed by atoms with Gasteiger partial charge in [-0.25, -0.2) is 0 Å². The molecule has 0 aliphatic carbocycles. The highest BCUT2D eigenvalue weighted by Gasteiger charge is 2.19. The molecular formula is C20H20ClNO5. The molecule has 0 saturated heterocycles. The van der Waals surface area contributed by atoms with Crippen LogP contribution in [0.15, 0.2) is 34.7 Å². The molecule has 0 atom stereocenters. The molecule has 0 spiro atoms. The Kier molecular flexibility index (Phi) is 5.46. The number of hydrogen-bond donors (Lipinski definition) is 1. The SMILES string of the molecule is COc1cc(OC)c(OC)cc1CNC(=O)c1oc2ccc(Cl)cc2c1C. The molecule has 0 saturated carbocycles. The summed E-state index contributed by atoms with van der Waals surface area (Å²) in [7, 11) is 4.66. The van der Waals surface area contributed by atoms with Crippen LogP contribution in [-0.2, 0) is 6.54 Å². The molecular weight excluding hydrogens is 370 g/mol. The fourth-order valence-electron chi connectivity index (χ4n) is 2.90. The third-order valence-electron chi connectivity index (χ3n) is 4.33. The van der Waals surface area contributed by atoms with E-state index in [4.69, 9.17) is 30.2 Å². The number of amides is 1. The van der Waals surface area contributed by atoms with Gasteiger partial charge in [-0.3, -0.25) is 4.79 Å². The van der Waals surface area contributed by atoms with E-state index in [9.17, 15) is 4.79 Å². The number of fused-ring (bicyclic) bond motifs is 1. The van der Waals surface area contributed by atoms with Gasteiger partial charge in [0.25, 0.3) is 5.91 Å². The molecule has 2 aromatic carbocycles. The maximum absolute atomic E-state index is 12.6. The van der Waals surface area contributed by atoms with E-state index in [2.05, 4.69) is 5.32 Å². The average molecular weight is 390 g/mol. The molecule has 6 nitrogen and oxygen atoms in total. The van der Waals surface area contributed by atoms with E-state index >= 15 is 0 Å². The second kappa shape index (κ2) is 7.80. The number of rotatable bonds is 6. The summed E-state index contributed by atoms with van der Waals surface area (Å²) in [5, 5.41) is 4.26. The molecule has 0 unspecified atom stereocenters. The van der Waals surface area contributed by atoms with Crippen molar-refractivity contribution >= 4 is 28.5 Å². The molecule has 3 rings (SSSR count). The van der Waals surface area contributed by atoms with Crippen LogP contribution in [0.4, 0.5) is 0 Å². The zero-order valence-corrected chi connectivity index (χ0v) is 16.3. The first-order valence-electron chi connectivity index (χ1n) is 8.24. The zero-order chi connectivity index (χ0) is 19.6. The lowest BCUT2D eigenvalue weighted by Gasteiger charge is -2.14. The van der Waals surface area contributed by atoms with Crippen molar-refractivity contribution in [2.75, 3.05) is 21.3 Å². The van der Waals surface area contributed by atoms with Crippen LogP contribution in [0.1, 0.15) is 21.7 Å². The molecule has 0 fully saturated rings. The van der Waals surface area contributed by atoms with Crippen LogP contribution in [0.3, 0.4) is 0 Å². The van der Waals surface area contributed by atoms with Crippen LogP contribution >= 0.6 is 11.6 Å². The molecule has 1 amide bonds. The first-order chi connectivity index (χ1) is 13.0. The minimum atomic E-state index is -0.323. The Balaban J connectivity index is 1.85. The second-order valence-corrected chi connectivity index (χ2v) is 6.33. The summed E-state index contributed by atoms with van der Waals surface area (Å²) in [6.45, 7) is 2.06. The number of furan rings is 1. The Bertz CT molecular complexity index is 996. The molecule has 27 heavy (non-hydrogen) atoms. The molecule has 0 aliphatic rings. The third kappa shape index (κ3) is 3.66. The van der Waals surface area contributed by atoms with Gasteiger partial charge in [0.15, 0.2) is 17.3 Å². The van der Waals surface area contributed by atoms with E-state index in [1.165, 1.54) is 0 Å². The normalized spacial score (nSPS) is 10.7. The predicted octanol–water partition coefficient (Wildman–Crippen LogP) is 4.35. The van der Waals surface area contributed by atoms with Crippen molar-refractivity contribution in [2.24, 2.45) is 0 Å². The number of ether oxygens (including phenoxy) is 3. The Morgan fingerprint density at radius 2 is 1.70 bits per heavy atom. The van der Waals surface area contributed by atoms with Crippen molar-refractivity contribution in [1.82, 2.24) is 5.32 Å². The van der Waals surface area contributed by atoms with Gasteiger partial charge in [0.1, 0.15) is 11.3 Å².